The van der Waals surface area contributed by atoms with Crippen molar-refractivity contribution in [3.63, 3.8) is 0 Å². The Kier molecular flexibility index (Phi) is 5.12. The molecule has 0 bridgehead atoms. The van der Waals surface area contributed by atoms with Crippen LogP contribution in [0.3, 0.4) is 0 Å². The first-order chi connectivity index (χ1) is 8.12. The smallest absolute Gasteiger partial charge is 0.230 e. The Morgan fingerprint density at radius 1 is 1.06 bits per heavy atom. The molecule has 0 fully saturated rings. The van der Waals surface area contributed by atoms with Crippen molar-refractivity contribution in [1.82, 2.24) is 15.0 Å². The molecule has 0 aromatic carbocycles. The fourth-order valence-electron chi connectivity index (χ4n) is 1.52. The van der Waals surface area contributed by atoms with Gasteiger partial charge in [0.1, 0.15) is 5.82 Å². The summed E-state index contributed by atoms with van der Waals surface area (Å²) >= 11 is 0. The molecule has 0 spiro atoms. The van der Waals surface area contributed by atoms with Gasteiger partial charge in [0.25, 0.3) is 0 Å². The molecule has 1 heterocycles. The van der Waals surface area contributed by atoms with E-state index in [4.69, 9.17) is 0 Å². The number of hydrogen-bond acceptors (Lipinski definition) is 5. The van der Waals surface area contributed by atoms with Crippen molar-refractivity contribution in [2.75, 3.05) is 29.9 Å². The Bertz CT molecular complexity index is 347. The third-order valence-electron chi connectivity index (χ3n) is 2.54. The highest BCUT2D eigenvalue weighted by molar-refractivity contribution is 5.37. The second kappa shape index (κ2) is 6.37. The molecule has 0 aliphatic rings. The normalized spacial score (nSPS) is 10.7. The van der Waals surface area contributed by atoms with Crippen LogP contribution in [0.15, 0.2) is 0 Å². The van der Waals surface area contributed by atoms with E-state index in [0.717, 1.165) is 31.4 Å². The van der Waals surface area contributed by atoms with Crippen molar-refractivity contribution in [2.45, 2.75) is 40.5 Å². The van der Waals surface area contributed by atoms with Gasteiger partial charge in [-0.2, -0.15) is 15.0 Å². The van der Waals surface area contributed by atoms with Crippen LogP contribution in [0.5, 0.6) is 0 Å². The van der Waals surface area contributed by atoms with Crippen LogP contribution in [-0.2, 0) is 0 Å². The van der Waals surface area contributed by atoms with Crippen LogP contribution >= 0.6 is 0 Å². The first-order valence-electron chi connectivity index (χ1n) is 6.37. The highest BCUT2D eigenvalue weighted by atomic mass is 15.3. The van der Waals surface area contributed by atoms with Crippen LogP contribution in [0.1, 0.15) is 46.4 Å². The van der Waals surface area contributed by atoms with Gasteiger partial charge in [0.2, 0.25) is 11.9 Å². The van der Waals surface area contributed by atoms with Gasteiger partial charge >= 0.3 is 0 Å². The van der Waals surface area contributed by atoms with Gasteiger partial charge in [0.05, 0.1) is 0 Å². The van der Waals surface area contributed by atoms with E-state index in [9.17, 15) is 0 Å². The second-order valence-corrected chi connectivity index (χ2v) is 4.17. The Labute approximate surface area is 104 Å². The molecule has 0 unspecified atom stereocenters. The van der Waals surface area contributed by atoms with E-state index in [0.29, 0.717) is 11.9 Å². The Hall–Kier alpha value is -1.39. The van der Waals surface area contributed by atoms with Crippen LogP contribution in [0, 0.1) is 0 Å². The zero-order chi connectivity index (χ0) is 12.8. The van der Waals surface area contributed by atoms with Crippen molar-refractivity contribution in [3.8, 4) is 0 Å². The van der Waals surface area contributed by atoms with Crippen molar-refractivity contribution in [2.24, 2.45) is 0 Å². The van der Waals surface area contributed by atoms with Gasteiger partial charge in [-0.3, -0.25) is 0 Å². The SMILES string of the molecule is CCNc1nc(C(C)C)nc(N(CC)CC)n1. The minimum absolute atomic E-state index is 0.310. The second-order valence-electron chi connectivity index (χ2n) is 4.17. The Balaban J connectivity index is 3.10. The van der Waals surface area contributed by atoms with Gasteiger partial charge in [0.15, 0.2) is 0 Å². The van der Waals surface area contributed by atoms with E-state index < -0.39 is 0 Å². The quantitative estimate of drug-likeness (QED) is 0.822. The number of anilines is 2. The summed E-state index contributed by atoms with van der Waals surface area (Å²) in [5.41, 5.74) is 0. The lowest BCUT2D eigenvalue weighted by molar-refractivity contribution is 0.735. The van der Waals surface area contributed by atoms with Crippen LogP contribution in [-0.4, -0.2) is 34.6 Å². The third kappa shape index (κ3) is 3.54. The first kappa shape index (κ1) is 13.7. The molecule has 0 radical (unpaired) electrons. The molecule has 96 valence electrons. The zero-order valence-corrected chi connectivity index (χ0v) is 11.5. The van der Waals surface area contributed by atoms with Gasteiger partial charge in [0, 0.05) is 25.6 Å². The lowest BCUT2D eigenvalue weighted by Gasteiger charge is -2.20. The number of rotatable bonds is 6. The van der Waals surface area contributed by atoms with Crippen molar-refractivity contribution >= 4 is 11.9 Å². The van der Waals surface area contributed by atoms with E-state index in [-0.39, 0.29) is 0 Å². The van der Waals surface area contributed by atoms with Gasteiger partial charge in [-0.05, 0) is 20.8 Å². The average Bonchev–Trinajstić information content (AvgIpc) is 2.31. The minimum Gasteiger partial charge on any atom is -0.354 e. The summed E-state index contributed by atoms with van der Waals surface area (Å²) in [7, 11) is 0. The Morgan fingerprint density at radius 2 is 1.71 bits per heavy atom. The molecule has 1 aromatic rings. The summed E-state index contributed by atoms with van der Waals surface area (Å²) in [4.78, 5) is 15.5. The average molecular weight is 237 g/mol. The maximum Gasteiger partial charge on any atom is 0.230 e. The minimum atomic E-state index is 0.310. The fraction of sp³-hybridized carbons (Fsp3) is 0.750. The van der Waals surface area contributed by atoms with Crippen LogP contribution in [0.2, 0.25) is 0 Å². The van der Waals surface area contributed by atoms with Crippen molar-refractivity contribution in [1.29, 1.82) is 0 Å². The highest BCUT2D eigenvalue weighted by Crippen LogP contribution is 2.15. The summed E-state index contributed by atoms with van der Waals surface area (Å²) in [6.07, 6.45) is 0. The number of nitrogens with one attached hydrogen (secondary N) is 1. The van der Waals surface area contributed by atoms with E-state index >= 15 is 0 Å². The summed E-state index contributed by atoms with van der Waals surface area (Å²) in [6.45, 7) is 13.1. The molecule has 5 nitrogen and oxygen atoms in total. The molecule has 0 saturated heterocycles. The Morgan fingerprint density at radius 3 is 2.18 bits per heavy atom. The lowest BCUT2D eigenvalue weighted by atomic mass is 10.2. The summed E-state index contributed by atoms with van der Waals surface area (Å²) in [6, 6.07) is 0. The van der Waals surface area contributed by atoms with Gasteiger partial charge < -0.3 is 10.2 Å². The number of nitrogens with zero attached hydrogens (tertiary/aromatic N) is 4. The summed E-state index contributed by atoms with van der Waals surface area (Å²) in [5, 5.41) is 3.16. The molecule has 0 atom stereocenters. The molecule has 0 amide bonds. The van der Waals surface area contributed by atoms with E-state index in [1.165, 1.54) is 0 Å². The van der Waals surface area contributed by atoms with Gasteiger partial charge in [-0.15, -0.1) is 0 Å². The highest BCUT2D eigenvalue weighted by Gasteiger charge is 2.12. The molecule has 17 heavy (non-hydrogen) atoms. The molecular weight excluding hydrogens is 214 g/mol. The summed E-state index contributed by atoms with van der Waals surface area (Å²) in [5.74, 6) is 2.60. The first-order valence-corrected chi connectivity index (χ1v) is 6.37. The molecule has 1 N–H and O–H groups in total. The van der Waals surface area contributed by atoms with Crippen LogP contribution < -0.4 is 10.2 Å². The number of hydrogen-bond donors (Lipinski definition) is 1. The van der Waals surface area contributed by atoms with Crippen molar-refractivity contribution < 1.29 is 0 Å². The topological polar surface area (TPSA) is 53.9 Å². The molecular formula is C12H23N5. The van der Waals surface area contributed by atoms with Crippen molar-refractivity contribution in [3.05, 3.63) is 5.82 Å². The molecule has 1 rings (SSSR count). The summed E-state index contributed by atoms with van der Waals surface area (Å²) < 4.78 is 0. The fourth-order valence-corrected chi connectivity index (χ4v) is 1.52. The zero-order valence-electron chi connectivity index (χ0n) is 11.5. The molecule has 1 aromatic heterocycles. The van der Waals surface area contributed by atoms with E-state index in [1.807, 2.05) is 6.92 Å². The molecule has 0 aliphatic carbocycles. The monoisotopic (exact) mass is 237 g/mol. The van der Waals surface area contributed by atoms with Crippen LogP contribution in [0.25, 0.3) is 0 Å². The third-order valence-corrected chi connectivity index (χ3v) is 2.54. The predicted octanol–water partition coefficient (Wildman–Crippen LogP) is 2.27. The molecule has 0 aliphatic heterocycles. The van der Waals surface area contributed by atoms with Crippen LogP contribution in [0.4, 0.5) is 11.9 Å². The lowest BCUT2D eigenvalue weighted by Crippen LogP contribution is -2.25. The molecule has 5 heteroatoms. The predicted molar refractivity (Wildman–Crippen MR) is 71.6 cm³/mol. The maximum atomic E-state index is 4.52. The standard InChI is InChI=1S/C12H23N5/c1-6-13-11-14-10(9(4)5)15-12(16-11)17(7-2)8-3/h9H,6-8H2,1-5H3,(H,13,14,15,16). The van der Waals surface area contributed by atoms with E-state index in [2.05, 4.69) is 52.9 Å². The maximum absolute atomic E-state index is 4.52. The van der Waals surface area contributed by atoms with Gasteiger partial charge in [-0.1, -0.05) is 13.8 Å². The van der Waals surface area contributed by atoms with E-state index in [1.54, 1.807) is 0 Å². The molecule has 0 saturated carbocycles. The largest absolute Gasteiger partial charge is 0.354 e. The number of aromatic nitrogens is 3. The van der Waals surface area contributed by atoms with Gasteiger partial charge in [-0.25, -0.2) is 0 Å².